The second-order valence-corrected chi connectivity index (χ2v) is 11.2. The van der Waals surface area contributed by atoms with Gasteiger partial charge in [-0.2, -0.15) is 0 Å². The Hall–Kier alpha value is 0.0969. The average molecular weight is 246 g/mol. The van der Waals surface area contributed by atoms with E-state index in [1.54, 1.807) is 0 Å². The molecule has 0 aromatic heterocycles. The van der Waals surface area contributed by atoms with Crippen LogP contribution in [0.5, 0.6) is 0 Å². The third-order valence-electron chi connectivity index (χ3n) is 3.88. The van der Waals surface area contributed by atoms with Crippen molar-refractivity contribution in [1.29, 1.82) is 0 Å². The Morgan fingerprint density at radius 2 is 1.94 bits per heavy atom. The summed E-state index contributed by atoms with van der Waals surface area (Å²) in [7, 11) is -1.64. The van der Waals surface area contributed by atoms with Crippen molar-refractivity contribution in [3.63, 3.8) is 0 Å². The number of aliphatic hydroxyl groups excluding tert-OH is 1. The van der Waals surface area contributed by atoms with Crippen LogP contribution < -0.4 is 0 Å². The summed E-state index contributed by atoms with van der Waals surface area (Å²) in [5.74, 6) is 0.381. The summed E-state index contributed by atoms with van der Waals surface area (Å²) in [4.78, 5) is 0. The minimum atomic E-state index is -1.64. The van der Waals surface area contributed by atoms with Crippen molar-refractivity contribution in [3.8, 4) is 0 Å². The van der Waals surface area contributed by atoms with Gasteiger partial charge >= 0.3 is 0 Å². The van der Waals surface area contributed by atoms with Gasteiger partial charge in [-0.3, -0.25) is 0 Å². The zero-order chi connectivity index (χ0) is 12.6. The van der Waals surface area contributed by atoms with Gasteiger partial charge in [0.25, 0.3) is 0 Å². The Morgan fingerprint density at radius 3 is 2.31 bits per heavy atom. The maximum atomic E-state index is 8.93. The first-order chi connectivity index (χ1) is 7.19. The highest BCUT2D eigenvalue weighted by atomic mass is 28.4. The third kappa shape index (κ3) is 3.29. The molecule has 0 radical (unpaired) electrons. The maximum absolute atomic E-state index is 8.93. The van der Waals surface area contributed by atoms with Crippen LogP contribution in [0.2, 0.25) is 18.1 Å². The molecule has 1 rings (SSSR count). The van der Waals surface area contributed by atoms with E-state index in [0.29, 0.717) is 5.92 Å². The number of rotatable bonds is 5. The van der Waals surface area contributed by atoms with Crippen LogP contribution in [-0.2, 0) is 9.16 Å². The largest absolute Gasteiger partial charge is 0.416 e. The average Bonchev–Trinajstić information content (AvgIpc) is 2.91. The van der Waals surface area contributed by atoms with Crippen molar-refractivity contribution in [2.45, 2.75) is 58.0 Å². The van der Waals surface area contributed by atoms with Crippen molar-refractivity contribution in [3.05, 3.63) is 0 Å². The highest BCUT2D eigenvalue weighted by Crippen LogP contribution is 2.38. The van der Waals surface area contributed by atoms with Gasteiger partial charge in [-0.05, 0) is 18.1 Å². The van der Waals surface area contributed by atoms with Crippen LogP contribution in [-0.4, -0.2) is 38.8 Å². The lowest BCUT2D eigenvalue weighted by Gasteiger charge is -2.36. The molecular weight excluding hydrogens is 220 g/mol. The molecule has 1 fully saturated rings. The highest BCUT2D eigenvalue weighted by molar-refractivity contribution is 6.74. The molecule has 0 bridgehead atoms. The fourth-order valence-corrected chi connectivity index (χ4v) is 2.57. The summed E-state index contributed by atoms with van der Waals surface area (Å²) in [6.45, 7) is 14.3. The first-order valence-electron chi connectivity index (χ1n) is 6.09. The molecule has 3 nitrogen and oxygen atoms in total. The molecule has 1 saturated heterocycles. The molecule has 4 heteroatoms. The lowest BCUT2D eigenvalue weighted by Crippen LogP contribution is -2.42. The van der Waals surface area contributed by atoms with Gasteiger partial charge in [0.2, 0.25) is 0 Å². The summed E-state index contributed by atoms with van der Waals surface area (Å²) >= 11 is 0. The number of epoxide rings is 1. The van der Waals surface area contributed by atoms with E-state index in [-0.39, 0.29) is 23.9 Å². The van der Waals surface area contributed by atoms with Crippen LogP contribution in [0.15, 0.2) is 0 Å². The first kappa shape index (κ1) is 14.2. The van der Waals surface area contributed by atoms with E-state index in [0.717, 1.165) is 6.61 Å². The molecule has 1 N–H and O–H groups in total. The lowest BCUT2D eigenvalue weighted by atomic mass is 10.1. The van der Waals surface area contributed by atoms with Crippen LogP contribution in [0, 0.1) is 5.92 Å². The van der Waals surface area contributed by atoms with Gasteiger partial charge in [-0.15, -0.1) is 0 Å². The number of hydrogen-bond donors (Lipinski definition) is 1. The predicted octanol–water partition coefficient (Wildman–Crippen LogP) is 2.40. The van der Waals surface area contributed by atoms with Crippen LogP contribution in [0.1, 0.15) is 27.7 Å². The maximum Gasteiger partial charge on any atom is 0.191 e. The Balaban J connectivity index is 2.35. The quantitative estimate of drug-likeness (QED) is 0.598. The van der Waals surface area contributed by atoms with E-state index in [2.05, 4.69) is 40.8 Å². The van der Waals surface area contributed by atoms with Crippen LogP contribution in [0.25, 0.3) is 0 Å². The minimum absolute atomic E-state index is 0.0537. The summed E-state index contributed by atoms with van der Waals surface area (Å²) in [6.07, 6.45) is 0.257. The Kier molecular flexibility index (Phi) is 4.22. The number of hydrogen-bond acceptors (Lipinski definition) is 3. The molecule has 3 atom stereocenters. The topological polar surface area (TPSA) is 42.0 Å². The van der Waals surface area contributed by atoms with E-state index in [1.165, 1.54) is 0 Å². The molecule has 1 aliphatic rings. The fraction of sp³-hybridized carbons (Fsp3) is 1.00. The molecule has 0 aliphatic carbocycles. The van der Waals surface area contributed by atoms with E-state index < -0.39 is 8.32 Å². The predicted molar refractivity (Wildman–Crippen MR) is 68.1 cm³/mol. The molecule has 0 saturated carbocycles. The second kappa shape index (κ2) is 4.76. The fourth-order valence-electron chi connectivity index (χ4n) is 1.46. The molecule has 96 valence electrons. The van der Waals surface area contributed by atoms with Crippen LogP contribution in [0.4, 0.5) is 0 Å². The first-order valence-corrected chi connectivity index (χ1v) is 9.00. The molecule has 16 heavy (non-hydrogen) atoms. The SMILES string of the molecule is C[C@H](CO[Si](C)(C)C(C)(C)C)[C@@H]1O[C@H]1CO. The van der Waals surface area contributed by atoms with Gasteiger partial charge in [-0.25, -0.2) is 0 Å². The standard InChI is InChI=1S/C12H26O3Si/c1-9(11-10(7-13)15-11)8-14-16(5,6)12(2,3)4/h9-11,13H,7-8H2,1-6H3/t9-,10+,11+/m1/s1. The molecule has 0 spiro atoms. The van der Waals surface area contributed by atoms with E-state index in [4.69, 9.17) is 14.3 Å². The molecule has 1 aliphatic heterocycles. The molecule has 1 heterocycles. The van der Waals surface area contributed by atoms with Crippen molar-refractivity contribution in [2.24, 2.45) is 5.92 Å². The summed E-state index contributed by atoms with van der Waals surface area (Å²) < 4.78 is 11.5. The lowest BCUT2D eigenvalue weighted by molar-refractivity contribution is 0.204. The van der Waals surface area contributed by atoms with Crippen LogP contribution in [0.3, 0.4) is 0 Å². The number of ether oxygens (including phenoxy) is 1. The van der Waals surface area contributed by atoms with E-state index in [9.17, 15) is 0 Å². The molecule has 0 aromatic carbocycles. The molecule has 0 aromatic rings. The smallest absolute Gasteiger partial charge is 0.191 e. The summed E-state index contributed by atoms with van der Waals surface area (Å²) in [5.41, 5.74) is 0. The van der Waals surface area contributed by atoms with Gasteiger partial charge in [0, 0.05) is 12.5 Å². The van der Waals surface area contributed by atoms with Gasteiger partial charge in [0.15, 0.2) is 8.32 Å². The summed E-state index contributed by atoms with van der Waals surface area (Å²) in [5, 5.41) is 9.18. The zero-order valence-corrected chi connectivity index (χ0v) is 12.4. The van der Waals surface area contributed by atoms with Gasteiger partial charge < -0.3 is 14.3 Å². The molecular formula is C12H26O3Si. The monoisotopic (exact) mass is 246 g/mol. The Bertz CT molecular complexity index is 235. The van der Waals surface area contributed by atoms with E-state index >= 15 is 0 Å². The summed E-state index contributed by atoms with van der Waals surface area (Å²) in [6, 6.07) is 0. The van der Waals surface area contributed by atoms with Crippen molar-refractivity contribution in [2.75, 3.05) is 13.2 Å². The Morgan fingerprint density at radius 1 is 1.38 bits per heavy atom. The van der Waals surface area contributed by atoms with Crippen molar-refractivity contribution >= 4 is 8.32 Å². The van der Waals surface area contributed by atoms with Crippen molar-refractivity contribution in [1.82, 2.24) is 0 Å². The normalized spacial score (nSPS) is 27.9. The van der Waals surface area contributed by atoms with Gasteiger partial charge in [-0.1, -0.05) is 27.7 Å². The van der Waals surface area contributed by atoms with Gasteiger partial charge in [0.1, 0.15) is 6.10 Å². The van der Waals surface area contributed by atoms with E-state index in [1.807, 2.05) is 0 Å². The highest BCUT2D eigenvalue weighted by Gasteiger charge is 2.44. The van der Waals surface area contributed by atoms with Gasteiger partial charge in [0.05, 0.1) is 12.7 Å². The third-order valence-corrected chi connectivity index (χ3v) is 8.38. The molecule has 0 amide bonds. The molecule has 0 unspecified atom stereocenters. The minimum Gasteiger partial charge on any atom is -0.416 e. The van der Waals surface area contributed by atoms with Crippen molar-refractivity contribution < 1.29 is 14.3 Å². The number of aliphatic hydroxyl groups is 1. The Labute approximate surface area is 100 Å². The second-order valence-electron chi connectivity index (χ2n) is 6.37. The zero-order valence-electron chi connectivity index (χ0n) is 11.4. The van der Waals surface area contributed by atoms with Crippen LogP contribution >= 0.6 is 0 Å².